The third-order valence-corrected chi connectivity index (χ3v) is 6.52. The van der Waals surface area contributed by atoms with Crippen LogP contribution < -0.4 is 34.7 Å². The van der Waals surface area contributed by atoms with Crippen molar-refractivity contribution >= 4 is 5.97 Å². The van der Waals surface area contributed by atoms with E-state index in [0.717, 1.165) is 31.0 Å². The number of carboxylic acids is 1. The predicted molar refractivity (Wildman–Crippen MR) is 115 cm³/mol. The predicted octanol–water partition coefficient (Wildman–Crippen LogP) is 2.95. The van der Waals surface area contributed by atoms with Crippen LogP contribution in [-0.2, 0) is 17.1 Å². The normalized spacial score (nSPS) is 20.0. The van der Waals surface area contributed by atoms with Gasteiger partial charge in [0.25, 0.3) is 0 Å². The summed E-state index contributed by atoms with van der Waals surface area (Å²) in [6, 6.07) is 6.39. The molecule has 0 radical (unpaired) electrons. The zero-order valence-electron chi connectivity index (χ0n) is 20.2. The van der Waals surface area contributed by atoms with Crippen molar-refractivity contribution in [1.29, 1.82) is 0 Å². The fraction of sp³-hybridized carbons (Fsp3) is 0.520. The van der Waals surface area contributed by atoms with Crippen molar-refractivity contribution in [2.45, 2.75) is 69.9 Å². The van der Waals surface area contributed by atoms with E-state index < -0.39 is 35.6 Å². The van der Waals surface area contributed by atoms with E-state index in [1.165, 1.54) is 24.4 Å². The number of benzene rings is 1. The van der Waals surface area contributed by atoms with Gasteiger partial charge in [0.2, 0.25) is 0 Å². The second-order valence-corrected chi connectivity index (χ2v) is 8.97. The Hall–Kier alpha value is -1.62. The van der Waals surface area contributed by atoms with E-state index >= 15 is 0 Å². The standard InChI is InChI=1S/C25H28F6N2O2.Na/c1-2-3-4-20(18-7-10-22(32-15-18)25(29,30)31)33-12-11-16(14-23(34)35)13-21(33)17-5-8-19(9-6-17)24(26,27)28;/h5-10,15-16,20-21H,2-4,11-14H2,1H3,(H,34,35);/q;+1/p-1/t16-,20-,21+;/m1./s1. The van der Waals surface area contributed by atoms with Crippen LogP contribution in [0.3, 0.4) is 0 Å². The number of nitrogens with zero attached hydrogens (tertiary/aromatic N) is 2. The van der Waals surface area contributed by atoms with Gasteiger partial charge < -0.3 is 9.90 Å². The molecular formula is C25H27F6N2NaO2. The van der Waals surface area contributed by atoms with Crippen molar-refractivity contribution < 1.29 is 65.8 Å². The molecule has 0 bridgehead atoms. The quantitative estimate of drug-likeness (QED) is 0.394. The maximum atomic E-state index is 13.1. The van der Waals surface area contributed by atoms with E-state index in [1.54, 1.807) is 0 Å². The second-order valence-electron chi connectivity index (χ2n) is 8.97. The molecule has 2 aromatic rings. The van der Waals surface area contributed by atoms with Crippen molar-refractivity contribution in [1.82, 2.24) is 9.88 Å². The SMILES string of the molecule is CCCC[C@H](c1ccc(C(F)(F)F)nc1)N1CC[C@@H](CC(=O)[O-])C[C@H]1c1ccc(C(F)(F)F)cc1.[Na+]. The number of hydrogen-bond donors (Lipinski definition) is 0. The van der Waals surface area contributed by atoms with Gasteiger partial charge in [-0.05, 0) is 67.5 Å². The van der Waals surface area contributed by atoms with Crippen molar-refractivity contribution in [2.24, 2.45) is 5.92 Å². The summed E-state index contributed by atoms with van der Waals surface area (Å²) in [5.74, 6) is -1.41. The zero-order valence-corrected chi connectivity index (χ0v) is 22.2. The first kappa shape index (κ1) is 30.6. The van der Waals surface area contributed by atoms with Crippen molar-refractivity contribution in [3.05, 3.63) is 65.0 Å². The molecule has 0 N–H and O–H groups in total. The summed E-state index contributed by atoms with van der Waals surface area (Å²) in [4.78, 5) is 16.9. The summed E-state index contributed by atoms with van der Waals surface area (Å²) < 4.78 is 78.3. The molecule has 1 aromatic carbocycles. The maximum Gasteiger partial charge on any atom is 1.00 e. The molecule has 192 valence electrons. The number of hydrogen-bond acceptors (Lipinski definition) is 4. The van der Waals surface area contributed by atoms with E-state index in [2.05, 4.69) is 9.88 Å². The van der Waals surface area contributed by atoms with Gasteiger partial charge >= 0.3 is 41.9 Å². The molecule has 0 unspecified atom stereocenters. The first-order chi connectivity index (χ1) is 16.4. The summed E-state index contributed by atoms with van der Waals surface area (Å²) in [6.45, 7) is 2.43. The first-order valence-electron chi connectivity index (χ1n) is 11.6. The number of aromatic nitrogens is 1. The fourth-order valence-corrected chi connectivity index (χ4v) is 4.76. The Kier molecular flexibility index (Phi) is 10.8. The van der Waals surface area contributed by atoms with Crippen molar-refractivity contribution in [2.75, 3.05) is 6.54 Å². The summed E-state index contributed by atoms with van der Waals surface area (Å²) >= 11 is 0. The van der Waals surface area contributed by atoms with Crippen LogP contribution >= 0.6 is 0 Å². The van der Waals surface area contributed by atoms with Gasteiger partial charge in [-0.25, -0.2) is 0 Å². The van der Waals surface area contributed by atoms with Crippen LogP contribution in [0.25, 0.3) is 0 Å². The summed E-state index contributed by atoms with van der Waals surface area (Å²) in [5.41, 5.74) is -0.601. The van der Waals surface area contributed by atoms with Gasteiger partial charge in [-0.3, -0.25) is 9.88 Å². The Labute approximate surface area is 228 Å². The number of piperidine rings is 1. The minimum Gasteiger partial charge on any atom is -0.550 e. The van der Waals surface area contributed by atoms with Crippen molar-refractivity contribution in [3.8, 4) is 0 Å². The molecule has 0 saturated carbocycles. The monoisotopic (exact) mass is 524 g/mol. The smallest absolute Gasteiger partial charge is 0.550 e. The third-order valence-electron chi connectivity index (χ3n) is 6.52. The number of pyridine rings is 1. The molecule has 3 atom stereocenters. The van der Waals surface area contributed by atoms with Gasteiger partial charge in [-0.1, -0.05) is 38.0 Å². The number of alkyl halides is 6. The number of halogens is 6. The molecule has 36 heavy (non-hydrogen) atoms. The number of carbonyl (C=O) groups is 1. The molecule has 11 heteroatoms. The van der Waals surface area contributed by atoms with E-state index in [1.807, 2.05) is 6.92 Å². The molecule has 1 aliphatic heterocycles. The van der Waals surface area contributed by atoms with Gasteiger partial charge in [-0.2, -0.15) is 26.3 Å². The van der Waals surface area contributed by atoms with Gasteiger partial charge in [-0.15, -0.1) is 0 Å². The molecule has 0 spiro atoms. The molecule has 1 saturated heterocycles. The average Bonchev–Trinajstić information content (AvgIpc) is 2.79. The molecule has 4 nitrogen and oxygen atoms in total. The van der Waals surface area contributed by atoms with Crippen LogP contribution in [0.5, 0.6) is 0 Å². The van der Waals surface area contributed by atoms with Gasteiger partial charge in [0.15, 0.2) is 0 Å². The Morgan fingerprint density at radius 2 is 1.75 bits per heavy atom. The van der Waals surface area contributed by atoms with Crippen LogP contribution in [0.2, 0.25) is 0 Å². The summed E-state index contributed by atoms with van der Waals surface area (Å²) in [7, 11) is 0. The van der Waals surface area contributed by atoms with E-state index in [9.17, 15) is 36.2 Å². The van der Waals surface area contributed by atoms with Gasteiger partial charge in [0, 0.05) is 24.2 Å². The summed E-state index contributed by atoms with van der Waals surface area (Å²) in [6.07, 6.45) is -4.85. The van der Waals surface area contributed by atoms with Gasteiger partial charge in [0.1, 0.15) is 5.69 Å². The molecule has 0 aliphatic carbocycles. The number of carbonyl (C=O) groups excluding carboxylic acids is 1. The van der Waals surface area contributed by atoms with Crippen LogP contribution in [0.15, 0.2) is 42.6 Å². The molecule has 2 heterocycles. The average molecular weight is 524 g/mol. The van der Waals surface area contributed by atoms with Crippen LogP contribution in [0.4, 0.5) is 26.3 Å². The van der Waals surface area contributed by atoms with Crippen LogP contribution in [0, 0.1) is 5.92 Å². The number of aliphatic carboxylic acids is 1. The number of carboxylic acid groups (broad SMARTS) is 1. The first-order valence-corrected chi connectivity index (χ1v) is 11.6. The Bertz CT molecular complexity index is 980. The van der Waals surface area contributed by atoms with Crippen molar-refractivity contribution in [3.63, 3.8) is 0 Å². The molecule has 1 fully saturated rings. The van der Waals surface area contributed by atoms with E-state index in [4.69, 9.17) is 0 Å². The Balaban J connectivity index is 0.00000456. The number of rotatable bonds is 8. The number of likely N-dealkylation sites (tertiary alicyclic amines) is 1. The van der Waals surface area contributed by atoms with Crippen LogP contribution in [-0.4, -0.2) is 22.4 Å². The zero-order chi connectivity index (χ0) is 25.8. The molecule has 1 aliphatic rings. The van der Waals surface area contributed by atoms with E-state index in [0.29, 0.717) is 36.9 Å². The minimum atomic E-state index is -4.57. The Morgan fingerprint density at radius 1 is 1.08 bits per heavy atom. The van der Waals surface area contributed by atoms with Crippen LogP contribution in [0.1, 0.15) is 79.9 Å². The third kappa shape index (κ3) is 7.94. The minimum absolute atomic E-state index is 0. The second kappa shape index (κ2) is 12.8. The summed E-state index contributed by atoms with van der Waals surface area (Å²) in [5, 5.41) is 11.2. The largest absolute Gasteiger partial charge is 1.00 e. The van der Waals surface area contributed by atoms with Gasteiger partial charge in [0.05, 0.1) is 5.56 Å². The fourth-order valence-electron chi connectivity index (χ4n) is 4.76. The Morgan fingerprint density at radius 3 is 2.25 bits per heavy atom. The molecule has 0 amide bonds. The molecule has 3 rings (SSSR count). The van der Waals surface area contributed by atoms with E-state index in [-0.39, 0.29) is 47.9 Å². The maximum absolute atomic E-state index is 13.1. The molecule has 1 aromatic heterocycles. The topological polar surface area (TPSA) is 56.3 Å². The number of unbranched alkanes of at least 4 members (excludes halogenated alkanes) is 1. The molecular weight excluding hydrogens is 497 g/mol.